The molecule has 0 saturated carbocycles. The van der Waals surface area contributed by atoms with Gasteiger partial charge in [0.05, 0.1) is 22.3 Å². The Balaban J connectivity index is 1.94. The second-order valence-electron chi connectivity index (χ2n) is 3.92. The van der Waals surface area contributed by atoms with Crippen LogP contribution in [0.15, 0.2) is 23.6 Å². The second-order valence-corrected chi connectivity index (χ2v) is 4.98. The molecule has 3 nitrogen and oxygen atoms in total. The molecule has 1 aromatic carbocycles. The van der Waals surface area contributed by atoms with E-state index in [4.69, 9.17) is 5.26 Å². The van der Waals surface area contributed by atoms with Gasteiger partial charge in [-0.05, 0) is 30.7 Å². The summed E-state index contributed by atoms with van der Waals surface area (Å²) in [6.07, 6.45) is 0. The van der Waals surface area contributed by atoms with Gasteiger partial charge < -0.3 is 5.32 Å². The largest absolute Gasteiger partial charge is 0.307 e. The van der Waals surface area contributed by atoms with E-state index in [0.717, 1.165) is 16.3 Å². The lowest BCUT2D eigenvalue weighted by Crippen LogP contribution is -2.13. The quantitative estimate of drug-likeness (QED) is 0.920. The molecular weight excluding hydrogens is 249 g/mol. The highest BCUT2D eigenvalue weighted by atomic mass is 32.1. The molecule has 1 heterocycles. The van der Waals surface area contributed by atoms with Crippen molar-refractivity contribution in [1.82, 2.24) is 10.3 Å². The summed E-state index contributed by atoms with van der Waals surface area (Å²) in [6, 6.07) is 6.28. The van der Waals surface area contributed by atoms with Crippen molar-refractivity contribution >= 4 is 11.3 Å². The van der Waals surface area contributed by atoms with Gasteiger partial charge >= 0.3 is 0 Å². The standard InChI is InChI=1S/C13H12FN3S/c1-9-17-13(8-18-9)7-16-6-11-2-10(5-15)3-12(14)4-11/h2-4,8,16H,6-7H2,1H3. The van der Waals surface area contributed by atoms with Crippen LogP contribution < -0.4 is 5.32 Å². The van der Waals surface area contributed by atoms with Crippen LogP contribution in [0.25, 0.3) is 0 Å². The van der Waals surface area contributed by atoms with Crippen LogP contribution >= 0.6 is 11.3 Å². The highest BCUT2D eigenvalue weighted by Gasteiger charge is 2.01. The lowest BCUT2D eigenvalue weighted by atomic mass is 10.1. The molecule has 5 heteroatoms. The number of nitriles is 1. The normalized spacial score (nSPS) is 10.3. The van der Waals surface area contributed by atoms with Crippen LogP contribution in [-0.4, -0.2) is 4.98 Å². The van der Waals surface area contributed by atoms with Gasteiger partial charge in [0.2, 0.25) is 0 Å². The monoisotopic (exact) mass is 261 g/mol. The van der Waals surface area contributed by atoms with Gasteiger partial charge in [-0.3, -0.25) is 0 Å². The summed E-state index contributed by atoms with van der Waals surface area (Å²) in [5, 5.41) is 15.0. The molecule has 1 aromatic heterocycles. The van der Waals surface area contributed by atoms with Crippen LogP contribution in [0.1, 0.15) is 21.8 Å². The molecule has 92 valence electrons. The van der Waals surface area contributed by atoms with Gasteiger partial charge in [0.1, 0.15) is 5.82 Å². The summed E-state index contributed by atoms with van der Waals surface area (Å²) in [5.74, 6) is -0.379. The maximum absolute atomic E-state index is 13.2. The van der Waals surface area contributed by atoms with Crippen LogP contribution in [0.5, 0.6) is 0 Å². The van der Waals surface area contributed by atoms with E-state index in [2.05, 4.69) is 10.3 Å². The van der Waals surface area contributed by atoms with Crippen molar-refractivity contribution in [2.24, 2.45) is 0 Å². The molecule has 0 unspecified atom stereocenters. The Morgan fingerprint density at radius 1 is 1.39 bits per heavy atom. The Bertz CT molecular complexity index is 586. The highest BCUT2D eigenvalue weighted by Crippen LogP contribution is 2.10. The predicted octanol–water partition coefficient (Wildman–Crippen LogP) is 2.75. The maximum Gasteiger partial charge on any atom is 0.124 e. The third-order valence-electron chi connectivity index (χ3n) is 2.39. The Morgan fingerprint density at radius 3 is 2.89 bits per heavy atom. The van der Waals surface area contributed by atoms with Crippen molar-refractivity contribution in [3.05, 3.63) is 51.2 Å². The van der Waals surface area contributed by atoms with E-state index in [9.17, 15) is 4.39 Å². The molecule has 0 atom stereocenters. The molecule has 0 bridgehead atoms. The smallest absolute Gasteiger partial charge is 0.124 e. The van der Waals surface area contributed by atoms with Crippen molar-refractivity contribution in [2.75, 3.05) is 0 Å². The summed E-state index contributed by atoms with van der Waals surface area (Å²) < 4.78 is 13.2. The van der Waals surface area contributed by atoms with Crippen LogP contribution in [0.3, 0.4) is 0 Å². The summed E-state index contributed by atoms with van der Waals surface area (Å²) >= 11 is 1.61. The van der Waals surface area contributed by atoms with E-state index in [-0.39, 0.29) is 5.82 Å². The van der Waals surface area contributed by atoms with E-state index in [0.29, 0.717) is 18.7 Å². The van der Waals surface area contributed by atoms with Crippen LogP contribution in [0.4, 0.5) is 4.39 Å². The fourth-order valence-electron chi connectivity index (χ4n) is 1.64. The number of thiazole rings is 1. The first kappa shape index (κ1) is 12.7. The third-order valence-corrected chi connectivity index (χ3v) is 3.21. The summed E-state index contributed by atoms with van der Waals surface area (Å²) in [5.41, 5.74) is 2.09. The average molecular weight is 261 g/mol. The van der Waals surface area contributed by atoms with E-state index < -0.39 is 0 Å². The molecular formula is C13H12FN3S. The first-order valence-corrected chi connectivity index (χ1v) is 6.36. The van der Waals surface area contributed by atoms with Gasteiger partial charge in [-0.25, -0.2) is 9.37 Å². The minimum atomic E-state index is -0.379. The number of aromatic nitrogens is 1. The predicted molar refractivity (Wildman–Crippen MR) is 68.5 cm³/mol. The molecule has 2 aromatic rings. The molecule has 2 rings (SSSR count). The van der Waals surface area contributed by atoms with Gasteiger partial charge in [-0.1, -0.05) is 0 Å². The zero-order chi connectivity index (χ0) is 13.0. The van der Waals surface area contributed by atoms with Gasteiger partial charge in [0, 0.05) is 18.5 Å². The van der Waals surface area contributed by atoms with Gasteiger partial charge in [0.25, 0.3) is 0 Å². The van der Waals surface area contributed by atoms with Crippen LogP contribution in [0.2, 0.25) is 0 Å². The Labute approximate surface area is 109 Å². The first-order valence-electron chi connectivity index (χ1n) is 5.48. The number of halogens is 1. The van der Waals surface area contributed by atoms with E-state index in [1.165, 1.54) is 12.1 Å². The lowest BCUT2D eigenvalue weighted by molar-refractivity contribution is 0.619. The summed E-state index contributed by atoms with van der Waals surface area (Å²) in [6.45, 7) is 3.12. The molecule has 0 aliphatic heterocycles. The summed E-state index contributed by atoms with van der Waals surface area (Å²) in [4.78, 5) is 4.32. The Morgan fingerprint density at radius 2 is 2.22 bits per heavy atom. The molecule has 0 aliphatic carbocycles. The highest BCUT2D eigenvalue weighted by molar-refractivity contribution is 7.09. The van der Waals surface area contributed by atoms with Gasteiger partial charge in [0.15, 0.2) is 0 Å². The zero-order valence-corrected chi connectivity index (χ0v) is 10.7. The molecule has 0 saturated heterocycles. The number of benzene rings is 1. The fourth-order valence-corrected chi connectivity index (χ4v) is 2.25. The summed E-state index contributed by atoms with van der Waals surface area (Å²) in [7, 11) is 0. The van der Waals surface area contributed by atoms with Crippen molar-refractivity contribution in [1.29, 1.82) is 5.26 Å². The Kier molecular flexibility index (Phi) is 4.03. The SMILES string of the molecule is Cc1nc(CNCc2cc(F)cc(C#N)c2)cs1. The molecule has 1 N–H and O–H groups in total. The van der Waals surface area contributed by atoms with E-state index in [1.54, 1.807) is 17.4 Å². The van der Waals surface area contributed by atoms with Crippen molar-refractivity contribution < 1.29 is 4.39 Å². The third kappa shape index (κ3) is 3.36. The Hall–Kier alpha value is -1.77. The van der Waals surface area contributed by atoms with Crippen LogP contribution in [-0.2, 0) is 13.1 Å². The van der Waals surface area contributed by atoms with E-state index >= 15 is 0 Å². The second kappa shape index (κ2) is 5.71. The molecule has 0 fully saturated rings. The average Bonchev–Trinajstić information content (AvgIpc) is 2.74. The molecule has 0 spiro atoms. The molecule has 0 amide bonds. The first-order chi connectivity index (χ1) is 8.67. The number of hydrogen-bond acceptors (Lipinski definition) is 4. The van der Waals surface area contributed by atoms with Crippen molar-refractivity contribution in [2.45, 2.75) is 20.0 Å². The lowest BCUT2D eigenvalue weighted by Gasteiger charge is -2.04. The number of nitrogens with zero attached hydrogens (tertiary/aromatic N) is 2. The topological polar surface area (TPSA) is 48.7 Å². The number of aryl methyl sites for hydroxylation is 1. The number of hydrogen-bond donors (Lipinski definition) is 1. The number of rotatable bonds is 4. The van der Waals surface area contributed by atoms with Gasteiger partial charge in [-0.2, -0.15) is 5.26 Å². The maximum atomic E-state index is 13.2. The molecule has 0 aliphatic rings. The minimum absolute atomic E-state index is 0.344. The fraction of sp³-hybridized carbons (Fsp3) is 0.231. The van der Waals surface area contributed by atoms with Crippen molar-refractivity contribution in [3.8, 4) is 6.07 Å². The number of nitrogens with one attached hydrogen (secondary N) is 1. The zero-order valence-electron chi connectivity index (χ0n) is 9.90. The minimum Gasteiger partial charge on any atom is -0.307 e. The van der Waals surface area contributed by atoms with Gasteiger partial charge in [-0.15, -0.1) is 11.3 Å². The van der Waals surface area contributed by atoms with Crippen molar-refractivity contribution in [3.63, 3.8) is 0 Å². The van der Waals surface area contributed by atoms with E-state index in [1.807, 2.05) is 18.4 Å². The molecule has 0 radical (unpaired) electrons. The molecule has 18 heavy (non-hydrogen) atoms. The van der Waals surface area contributed by atoms with Crippen LogP contribution in [0, 0.1) is 24.1 Å².